The van der Waals surface area contributed by atoms with Crippen LogP contribution in [-0.4, -0.2) is 36.0 Å². The fourth-order valence-corrected chi connectivity index (χ4v) is 3.53. The topological polar surface area (TPSA) is 40.5 Å². The largest absolute Gasteiger partial charge is 0.350 e. The predicted octanol–water partition coefficient (Wildman–Crippen LogP) is 2.50. The molecule has 1 N–H and O–H groups in total. The summed E-state index contributed by atoms with van der Waals surface area (Å²) < 4.78 is 0. The van der Waals surface area contributed by atoms with Crippen molar-refractivity contribution in [3.8, 4) is 0 Å². The van der Waals surface area contributed by atoms with Crippen molar-refractivity contribution in [1.29, 1.82) is 0 Å². The number of thiazole rings is 1. The molecule has 2 rings (SSSR count). The maximum absolute atomic E-state index is 4.41. The predicted molar refractivity (Wildman–Crippen MR) is 81.6 cm³/mol. The van der Waals surface area contributed by atoms with Gasteiger partial charge in [0.1, 0.15) is 5.01 Å². The summed E-state index contributed by atoms with van der Waals surface area (Å²) in [6, 6.07) is 0. The number of aryl methyl sites for hydroxylation is 1. The summed E-state index contributed by atoms with van der Waals surface area (Å²) >= 11 is 1.74. The van der Waals surface area contributed by atoms with E-state index < -0.39 is 0 Å². The quantitative estimate of drug-likeness (QED) is 0.668. The van der Waals surface area contributed by atoms with Gasteiger partial charge in [-0.3, -0.25) is 4.99 Å². The highest BCUT2D eigenvalue weighted by atomic mass is 32.1. The van der Waals surface area contributed by atoms with E-state index in [0.29, 0.717) is 0 Å². The molecule has 2 atom stereocenters. The van der Waals surface area contributed by atoms with Crippen LogP contribution in [0.2, 0.25) is 0 Å². The molecule has 0 aliphatic carbocycles. The van der Waals surface area contributed by atoms with E-state index in [0.717, 1.165) is 42.4 Å². The Hall–Kier alpha value is -1.10. The highest BCUT2D eigenvalue weighted by Crippen LogP contribution is 2.21. The highest BCUT2D eigenvalue weighted by Gasteiger charge is 2.23. The number of nitrogens with one attached hydrogen (secondary N) is 1. The fraction of sp³-hybridized carbons (Fsp3) is 0.714. The van der Waals surface area contributed by atoms with Crippen molar-refractivity contribution in [2.45, 2.75) is 33.7 Å². The second-order valence-electron chi connectivity index (χ2n) is 5.62. The van der Waals surface area contributed by atoms with Crippen molar-refractivity contribution in [3.63, 3.8) is 0 Å². The minimum absolute atomic E-state index is 0.740. The summed E-state index contributed by atoms with van der Waals surface area (Å²) in [7, 11) is 1.86. The van der Waals surface area contributed by atoms with Crippen molar-refractivity contribution >= 4 is 17.3 Å². The number of aliphatic imine (C=N–C) groups is 1. The van der Waals surface area contributed by atoms with Gasteiger partial charge in [0.25, 0.3) is 0 Å². The second-order valence-corrected chi connectivity index (χ2v) is 6.94. The Labute approximate surface area is 120 Å². The number of guanidine groups is 1. The first kappa shape index (κ1) is 14.3. The molecule has 0 aromatic carbocycles. The Morgan fingerprint density at radius 2 is 2.16 bits per heavy atom. The van der Waals surface area contributed by atoms with Crippen molar-refractivity contribution in [1.82, 2.24) is 15.2 Å². The van der Waals surface area contributed by atoms with Crippen LogP contribution in [0.25, 0.3) is 0 Å². The molecule has 2 unspecified atom stereocenters. The smallest absolute Gasteiger partial charge is 0.194 e. The number of hydrogen-bond donors (Lipinski definition) is 1. The van der Waals surface area contributed by atoms with Crippen LogP contribution < -0.4 is 5.32 Å². The number of likely N-dealkylation sites (tertiary alicyclic amines) is 1. The molecule has 2 heterocycles. The van der Waals surface area contributed by atoms with E-state index in [1.54, 1.807) is 11.3 Å². The molecule has 0 bridgehead atoms. The molecule has 1 aromatic rings. The molecule has 19 heavy (non-hydrogen) atoms. The van der Waals surface area contributed by atoms with Gasteiger partial charge >= 0.3 is 0 Å². The molecule has 1 aromatic heterocycles. The number of rotatable bonds is 2. The lowest BCUT2D eigenvalue weighted by Gasteiger charge is -2.37. The normalized spacial score (nSPS) is 24.6. The molecule has 0 saturated carbocycles. The van der Waals surface area contributed by atoms with Crippen LogP contribution in [0.1, 0.15) is 30.2 Å². The van der Waals surface area contributed by atoms with Gasteiger partial charge in [-0.15, -0.1) is 11.3 Å². The van der Waals surface area contributed by atoms with E-state index in [-0.39, 0.29) is 0 Å². The zero-order valence-corrected chi connectivity index (χ0v) is 13.1. The molecule has 0 spiro atoms. The molecule has 1 aliphatic heterocycles. The summed E-state index contributed by atoms with van der Waals surface area (Å²) in [4.78, 5) is 12.4. The van der Waals surface area contributed by atoms with Crippen LogP contribution in [0.3, 0.4) is 0 Å². The average molecular weight is 280 g/mol. The van der Waals surface area contributed by atoms with Crippen molar-refractivity contribution in [2.24, 2.45) is 16.8 Å². The van der Waals surface area contributed by atoms with Crippen LogP contribution in [0.15, 0.2) is 11.2 Å². The SMILES string of the molecule is CN=C(NCc1ncc(C)s1)N1CC(C)CC(C)C1. The van der Waals surface area contributed by atoms with Gasteiger partial charge in [-0.25, -0.2) is 4.98 Å². The Balaban J connectivity index is 1.93. The maximum atomic E-state index is 4.41. The summed E-state index contributed by atoms with van der Waals surface area (Å²) in [6.07, 6.45) is 3.24. The van der Waals surface area contributed by atoms with Crippen molar-refractivity contribution < 1.29 is 0 Å². The second kappa shape index (κ2) is 6.37. The maximum Gasteiger partial charge on any atom is 0.194 e. The zero-order valence-electron chi connectivity index (χ0n) is 12.3. The van der Waals surface area contributed by atoms with E-state index in [4.69, 9.17) is 0 Å². The van der Waals surface area contributed by atoms with Crippen LogP contribution in [0.4, 0.5) is 0 Å². The standard InChI is InChI=1S/C14H24N4S/c1-10-5-11(2)9-18(8-10)14(15-4)17-7-13-16-6-12(3)19-13/h6,10-11H,5,7-9H2,1-4H3,(H,15,17). The third-order valence-electron chi connectivity index (χ3n) is 3.45. The van der Waals surface area contributed by atoms with Gasteiger partial charge in [0, 0.05) is 31.2 Å². The Kier molecular flexibility index (Phi) is 4.80. The summed E-state index contributed by atoms with van der Waals surface area (Å²) in [5.74, 6) is 2.49. The molecule has 1 aliphatic rings. The fourth-order valence-electron chi connectivity index (χ4n) is 2.81. The van der Waals surface area contributed by atoms with Crippen LogP contribution in [-0.2, 0) is 6.54 Å². The number of piperidine rings is 1. The lowest BCUT2D eigenvalue weighted by molar-refractivity contribution is 0.208. The highest BCUT2D eigenvalue weighted by molar-refractivity contribution is 7.11. The van der Waals surface area contributed by atoms with Gasteiger partial charge in [0.05, 0.1) is 6.54 Å². The van der Waals surface area contributed by atoms with E-state index in [1.165, 1.54) is 11.3 Å². The molecule has 0 amide bonds. The molecule has 5 heteroatoms. The Morgan fingerprint density at radius 1 is 1.47 bits per heavy atom. The van der Waals surface area contributed by atoms with Gasteiger partial charge in [-0.2, -0.15) is 0 Å². The van der Waals surface area contributed by atoms with Gasteiger partial charge in [-0.05, 0) is 25.2 Å². The number of aromatic nitrogens is 1. The van der Waals surface area contributed by atoms with Gasteiger partial charge < -0.3 is 10.2 Å². The van der Waals surface area contributed by atoms with Crippen LogP contribution in [0.5, 0.6) is 0 Å². The lowest BCUT2D eigenvalue weighted by atomic mass is 9.92. The molecule has 1 saturated heterocycles. The van der Waals surface area contributed by atoms with E-state index >= 15 is 0 Å². The third kappa shape index (κ3) is 3.93. The molecule has 106 valence electrons. The summed E-state index contributed by atoms with van der Waals surface area (Å²) in [6.45, 7) is 9.69. The minimum atomic E-state index is 0.740. The summed E-state index contributed by atoms with van der Waals surface area (Å²) in [5.41, 5.74) is 0. The van der Waals surface area contributed by atoms with Crippen LogP contribution in [0, 0.1) is 18.8 Å². The molecular weight excluding hydrogens is 256 g/mol. The molecule has 0 radical (unpaired) electrons. The van der Waals surface area contributed by atoms with Crippen molar-refractivity contribution in [3.05, 3.63) is 16.1 Å². The molecule has 4 nitrogen and oxygen atoms in total. The lowest BCUT2D eigenvalue weighted by Crippen LogP contribution is -2.48. The van der Waals surface area contributed by atoms with Gasteiger partial charge in [0.15, 0.2) is 5.96 Å². The van der Waals surface area contributed by atoms with Crippen LogP contribution >= 0.6 is 11.3 Å². The van der Waals surface area contributed by atoms with Gasteiger partial charge in [-0.1, -0.05) is 13.8 Å². The third-order valence-corrected chi connectivity index (χ3v) is 4.36. The summed E-state index contributed by atoms with van der Waals surface area (Å²) in [5, 5.41) is 4.56. The number of nitrogens with zero attached hydrogens (tertiary/aromatic N) is 3. The zero-order chi connectivity index (χ0) is 13.8. The first-order valence-corrected chi connectivity index (χ1v) is 7.77. The molecular formula is C14H24N4S. The first-order valence-electron chi connectivity index (χ1n) is 6.95. The first-order chi connectivity index (χ1) is 9.08. The molecule has 1 fully saturated rings. The Morgan fingerprint density at radius 3 is 2.68 bits per heavy atom. The van der Waals surface area contributed by atoms with Crippen molar-refractivity contribution in [2.75, 3.05) is 20.1 Å². The minimum Gasteiger partial charge on any atom is -0.350 e. The van der Waals surface area contributed by atoms with E-state index in [2.05, 4.69) is 41.0 Å². The Bertz CT molecular complexity index is 430. The van der Waals surface area contributed by atoms with E-state index in [9.17, 15) is 0 Å². The average Bonchev–Trinajstić information content (AvgIpc) is 2.75. The number of hydrogen-bond acceptors (Lipinski definition) is 3. The monoisotopic (exact) mass is 280 g/mol. The van der Waals surface area contributed by atoms with E-state index in [1.807, 2.05) is 13.2 Å². The van der Waals surface area contributed by atoms with Gasteiger partial charge in [0.2, 0.25) is 0 Å².